The van der Waals surface area contributed by atoms with Crippen LogP contribution in [0.5, 0.6) is 0 Å². The molecule has 1 atom stereocenters. The SMILES string of the molecule is COC(CN(Cc1nocc1C)c1cc(C#N)ncn1)C1CCC1. The van der Waals surface area contributed by atoms with Gasteiger partial charge in [-0.15, -0.1) is 0 Å². The lowest BCUT2D eigenvalue weighted by Gasteiger charge is -2.36. The number of nitriles is 1. The van der Waals surface area contributed by atoms with Crippen molar-refractivity contribution in [3.63, 3.8) is 0 Å². The van der Waals surface area contributed by atoms with E-state index in [0.29, 0.717) is 30.5 Å². The zero-order valence-electron chi connectivity index (χ0n) is 14.0. The van der Waals surface area contributed by atoms with E-state index in [0.717, 1.165) is 11.3 Å². The van der Waals surface area contributed by atoms with Gasteiger partial charge in [-0.2, -0.15) is 5.26 Å². The third-order valence-corrected chi connectivity index (χ3v) is 4.66. The molecular formula is C17H21N5O2. The maximum absolute atomic E-state index is 9.10. The number of methoxy groups -OCH3 is 1. The minimum Gasteiger partial charge on any atom is -0.379 e. The quantitative estimate of drug-likeness (QED) is 0.771. The molecular weight excluding hydrogens is 306 g/mol. The molecule has 0 saturated heterocycles. The molecule has 1 unspecified atom stereocenters. The molecule has 1 fully saturated rings. The summed E-state index contributed by atoms with van der Waals surface area (Å²) in [6, 6.07) is 3.76. The summed E-state index contributed by atoms with van der Waals surface area (Å²) in [5.41, 5.74) is 2.20. The van der Waals surface area contributed by atoms with Gasteiger partial charge in [0, 0.05) is 25.3 Å². The summed E-state index contributed by atoms with van der Waals surface area (Å²) in [6.07, 6.45) is 6.84. The normalized spacial score (nSPS) is 15.5. The fraction of sp³-hybridized carbons (Fsp3) is 0.529. The van der Waals surface area contributed by atoms with Crippen LogP contribution in [-0.2, 0) is 11.3 Å². The summed E-state index contributed by atoms with van der Waals surface area (Å²) in [4.78, 5) is 10.4. The summed E-state index contributed by atoms with van der Waals surface area (Å²) in [6.45, 7) is 3.20. The Bertz CT molecular complexity index is 720. The number of aromatic nitrogens is 3. The Labute approximate surface area is 141 Å². The molecule has 2 aromatic rings. The van der Waals surface area contributed by atoms with Gasteiger partial charge in [-0.3, -0.25) is 0 Å². The summed E-state index contributed by atoms with van der Waals surface area (Å²) in [7, 11) is 1.75. The zero-order chi connectivity index (χ0) is 16.9. The van der Waals surface area contributed by atoms with Crippen LogP contribution in [0.25, 0.3) is 0 Å². The minimum atomic E-state index is 0.131. The molecule has 1 aliphatic rings. The van der Waals surface area contributed by atoms with Crippen LogP contribution in [0.15, 0.2) is 23.2 Å². The highest BCUT2D eigenvalue weighted by molar-refractivity contribution is 5.43. The standard InChI is InChI=1S/C17H21N5O2/c1-12-10-24-21-15(12)8-22(9-16(23-2)13-4-3-5-13)17-6-14(7-18)19-11-20-17/h6,10-11,13,16H,3-5,8-9H2,1-2H3. The lowest BCUT2D eigenvalue weighted by Crippen LogP contribution is -2.40. The molecule has 0 spiro atoms. The molecule has 0 radical (unpaired) electrons. The fourth-order valence-electron chi connectivity index (χ4n) is 2.91. The number of nitrogens with zero attached hydrogens (tertiary/aromatic N) is 5. The van der Waals surface area contributed by atoms with Crippen molar-refractivity contribution in [3.05, 3.63) is 35.6 Å². The van der Waals surface area contributed by atoms with E-state index in [1.165, 1.54) is 25.6 Å². The maximum Gasteiger partial charge on any atom is 0.145 e. The average Bonchev–Trinajstić information content (AvgIpc) is 2.96. The largest absolute Gasteiger partial charge is 0.379 e. The lowest BCUT2D eigenvalue weighted by atomic mass is 9.81. The third-order valence-electron chi connectivity index (χ3n) is 4.66. The van der Waals surface area contributed by atoms with E-state index >= 15 is 0 Å². The Kier molecular flexibility index (Phi) is 5.06. The van der Waals surface area contributed by atoms with E-state index in [4.69, 9.17) is 14.5 Å². The third kappa shape index (κ3) is 3.54. The average molecular weight is 327 g/mol. The molecule has 1 aliphatic carbocycles. The number of hydrogen-bond donors (Lipinski definition) is 0. The fourth-order valence-corrected chi connectivity index (χ4v) is 2.91. The molecule has 24 heavy (non-hydrogen) atoms. The van der Waals surface area contributed by atoms with Gasteiger partial charge in [0.25, 0.3) is 0 Å². The van der Waals surface area contributed by atoms with E-state index in [1.807, 2.05) is 6.92 Å². The van der Waals surface area contributed by atoms with Gasteiger partial charge in [0.1, 0.15) is 35.9 Å². The van der Waals surface area contributed by atoms with E-state index in [2.05, 4.69) is 26.1 Å². The Morgan fingerprint density at radius 3 is 2.88 bits per heavy atom. The Morgan fingerprint density at radius 2 is 2.29 bits per heavy atom. The first-order valence-electron chi connectivity index (χ1n) is 8.11. The second kappa shape index (κ2) is 7.41. The predicted molar refractivity (Wildman–Crippen MR) is 87.2 cm³/mol. The number of ether oxygens (including phenoxy) is 1. The molecule has 0 aliphatic heterocycles. The molecule has 0 N–H and O–H groups in total. The van der Waals surface area contributed by atoms with Crippen molar-refractivity contribution in [2.45, 2.75) is 38.8 Å². The van der Waals surface area contributed by atoms with Crippen molar-refractivity contribution in [1.82, 2.24) is 15.1 Å². The summed E-state index contributed by atoms with van der Waals surface area (Å²) >= 11 is 0. The molecule has 1 saturated carbocycles. The Morgan fingerprint density at radius 1 is 1.46 bits per heavy atom. The van der Waals surface area contributed by atoms with Gasteiger partial charge < -0.3 is 14.2 Å². The van der Waals surface area contributed by atoms with Gasteiger partial charge in [0.15, 0.2) is 0 Å². The van der Waals surface area contributed by atoms with E-state index in [9.17, 15) is 0 Å². The van der Waals surface area contributed by atoms with Crippen molar-refractivity contribution < 1.29 is 9.26 Å². The van der Waals surface area contributed by atoms with Crippen molar-refractivity contribution >= 4 is 5.82 Å². The zero-order valence-corrected chi connectivity index (χ0v) is 14.0. The number of hydrogen-bond acceptors (Lipinski definition) is 7. The number of aryl methyl sites for hydroxylation is 1. The molecule has 7 heteroatoms. The van der Waals surface area contributed by atoms with Crippen LogP contribution in [0.3, 0.4) is 0 Å². The molecule has 0 bridgehead atoms. The smallest absolute Gasteiger partial charge is 0.145 e. The second-order valence-corrected chi connectivity index (χ2v) is 6.16. The second-order valence-electron chi connectivity index (χ2n) is 6.16. The van der Waals surface area contributed by atoms with Gasteiger partial charge in [-0.05, 0) is 25.7 Å². The van der Waals surface area contributed by atoms with Gasteiger partial charge in [-0.1, -0.05) is 11.6 Å². The predicted octanol–water partition coefficient (Wildman–Crippen LogP) is 2.47. The van der Waals surface area contributed by atoms with E-state index in [-0.39, 0.29) is 6.10 Å². The number of rotatable bonds is 7. The molecule has 2 aromatic heterocycles. The summed E-state index contributed by atoms with van der Waals surface area (Å²) in [5, 5.41) is 13.2. The highest BCUT2D eigenvalue weighted by Gasteiger charge is 2.29. The van der Waals surface area contributed by atoms with E-state index < -0.39 is 0 Å². The van der Waals surface area contributed by atoms with E-state index in [1.54, 1.807) is 19.4 Å². The topological polar surface area (TPSA) is 88.1 Å². The monoisotopic (exact) mass is 327 g/mol. The highest BCUT2D eigenvalue weighted by Crippen LogP contribution is 2.32. The Hall–Kier alpha value is -2.46. The van der Waals surface area contributed by atoms with Gasteiger partial charge in [-0.25, -0.2) is 9.97 Å². The van der Waals surface area contributed by atoms with Crippen LogP contribution in [0.2, 0.25) is 0 Å². The van der Waals surface area contributed by atoms with Crippen molar-refractivity contribution in [1.29, 1.82) is 5.26 Å². The number of anilines is 1. The summed E-state index contributed by atoms with van der Waals surface area (Å²) in [5.74, 6) is 1.28. The van der Waals surface area contributed by atoms with Crippen LogP contribution < -0.4 is 4.90 Å². The van der Waals surface area contributed by atoms with Crippen molar-refractivity contribution in [3.8, 4) is 6.07 Å². The van der Waals surface area contributed by atoms with Crippen molar-refractivity contribution in [2.75, 3.05) is 18.6 Å². The van der Waals surface area contributed by atoms with Gasteiger partial charge in [0.2, 0.25) is 0 Å². The molecule has 7 nitrogen and oxygen atoms in total. The Balaban J connectivity index is 1.84. The summed E-state index contributed by atoms with van der Waals surface area (Å²) < 4.78 is 10.8. The first kappa shape index (κ1) is 16.4. The molecule has 2 heterocycles. The molecule has 3 rings (SSSR count). The van der Waals surface area contributed by atoms with Crippen molar-refractivity contribution in [2.24, 2.45) is 5.92 Å². The van der Waals surface area contributed by atoms with Gasteiger partial charge in [0.05, 0.1) is 12.6 Å². The van der Waals surface area contributed by atoms with Crippen LogP contribution >= 0.6 is 0 Å². The molecule has 126 valence electrons. The van der Waals surface area contributed by atoms with Crippen LogP contribution in [0.4, 0.5) is 5.82 Å². The lowest BCUT2D eigenvalue weighted by molar-refractivity contribution is 0.0242. The molecule has 0 amide bonds. The van der Waals surface area contributed by atoms with Gasteiger partial charge >= 0.3 is 0 Å². The van der Waals surface area contributed by atoms with Crippen LogP contribution in [-0.4, -0.2) is 34.9 Å². The maximum atomic E-state index is 9.10. The first-order valence-corrected chi connectivity index (χ1v) is 8.11. The first-order chi connectivity index (χ1) is 11.7. The van der Waals surface area contributed by atoms with Crippen LogP contribution in [0, 0.1) is 24.2 Å². The highest BCUT2D eigenvalue weighted by atomic mass is 16.5. The molecule has 0 aromatic carbocycles. The van der Waals surface area contributed by atoms with Crippen LogP contribution in [0.1, 0.15) is 36.2 Å². The minimum absolute atomic E-state index is 0.131.